The summed E-state index contributed by atoms with van der Waals surface area (Å²) in [5, 5.41) is 21.5. The molecule has 2 amide bonds. The number of azo groups is 1. The van der Waals surface area contributed by atoms with Gasteiger partial charge in [0.05, 0.1) is 5.52 Å². The lowest BCUT2D eigenvalue weighted by Crippen LogP contribution is -2.25. The van der Waals surface area contributed by atoms with Crippen LogP contribution < -0.4 is 5.32 Å². The molecule has 3 aromatic rings. The Morgan fingerprint density at radius 3 is 2.63 bits per heavy atom. The topological polar surface area (TPSA) is 96.0 Å². The summed E-state index contributed by atoms with van der Waals surface area (Å²) in [4.78, 5) is 24.9. The highest BCUT2D eigenvalue weighted by Gasteiger charge is 2.41. The third-order valence-electron chi connectivity index (χ3n) is 4.97. The van der Waals surface area contributed by atoms with E-state index in [1.807, 2.05) is 48.5 Å². The van der Waals surface area contributed by atoms with E-state index in [0.29, 0.717) is 11.9 Å². The van der Waals surface area contributed by atoms with Crippen molar-refractivity contribution < 1.29 is 14.7 Å². The van der Waals surface area contributed by atoms with Crippen molar-refractivity contribution in [2.75, 3.05) is 6.54 Å². The van der Waals surface area contributed by atoms with Gasteiger partial charge in [0.25, 0.3) is 5.91 Å². The first kappa shape index (κ1) is 17.0. The third-order valence-corrected chi connectivity index (χ3v) is 4.97. The number of hydrogen-bond donors (Lipinski definition) is 2. The molecule has 136 valence electrons. The number of aryl methyl sites for hydroxylation is 1. The van der Waals surface area contributed by atoms with Gasteiger partial charge in [-0.3, -0.25) is 9.59 Å². The molecule has 2 N–H and O–H groups in total. The van der Waals surface area contributed by atoms with E-state index in [1.54, 1.807) is 17.7 Å². The maximum atomic E-state index is 12.7. The van der Waals surface area contributed by atoms with Gasteiger partial charge in [-0.2, -0.15) is 0 Å². The molecule has 0 unspecified atom stereocenters. The molecule has 0 saturated carbocycles. The molecular weight excluding hydrogens is 344 g/mol. The first-order valence-electron chi connectivity index (χ1n) is 8.62. The van der Waals surface area contributed by atoms with Crippen molar-refractivity contribution in [3.63, 3.8) is 0 Å². The first-order valence-corrected chi connectivity index (χ1v) is 8.62. The standard InChI is InChI=1S/C20H18N4O3/c1-24-15-10-6-5-9-13(15)17(20(24)27)22-23-19(26)16-14(11-21-18(16)25)12-7-3-2-4-8-12/h2-10,14,16,27H,11H2,1H3,(H,21,25)/t14-,16-/m1/s1. The van der Waals surface area contributed by atoms with E-state index in [2.05, 4.69) is 15.5 Å². The quantitative estimate of drug-likeness (QED) is 0.554. The summed E-state index contributed by atoms with van der Waals surface area (Å²) in [6.07, 6.45) is 0. The minimum Gasteiger partial charge on any atom is -0.493 e. The molecule has 0 radical (unpaired) electrons. The van der Waals surface area contributed by atoms with Crippen molar-refractivity contribution in [3.8, 4) is 5.88 Å². The molecule has 1 fully saturated rings. The van der Waals surface area contributed by atoms with E-state index in [1.165, 1.54) is 0 Å². The summed E-state index contributed by atoms with van der Waals surface area (Å²) in [5.74, 6) is -2.26. The molecule has 2 aromatic carbocycles. The number of aromatic hydroxyl groups is 1. The second kappa shape index (κ2) is 6.68. The fourth-order valence-corrected chi connectivity index (χ4v) is 3.54. The average molecular weight is 362 g/mol. The highest BCUT2D eigenvalue weighted by molar-refractivity contribution is 6.03. The van der Waals surface area contributed by atoms with E-state index in [0.717, 1.165) is 11.1 Å². The Kier molecular flexibility index (Phi) is 4.19. The number of hydrogen-bond acceptors (Lipinski definition) is 4. The molecule has 1 aliphatic heterocycles. The minimum absolute atomic E-state index is 0.0803. The molecule has 1 saturated heterocycles. The van der Waals surface area contributed by atoms with Crippen LogP contribution in [-0.4, -0.2) is 28.0 Å². The highest BCUT2D eigenvalue weighted by Crippen LogP contribution is 2.38. The van der Waals surface area contributed by atoms with Gasteiger partial charge < -0.3 is 15.0 Å². The molecule has 2 atom stereocenters. The first-order chi connectivity index (χ1) is 13.1. The summed E-state index contributed by atoms with van der Waals surface area (Å²) in [6.45, 7) is 0.383. The Balaban J connectivity index is 1.66. The number of rotatable bonds is 3. The Labute approximate surface area is 155 Å². The van der Waals surface area contributed by atoms with Gasteiger partial charge in [0.15, 0.2) is 5.69 Å². The molecule has 0 aliphatic carbocycles. The molecule has 7 nitrogen and oxygen atoms in total. The van der Waals surface area contributed by atoms with Gasteiger partial charge in [-0.05, 0) is 11.6 Å². The fraction of sp³-hybridized carbons (Fsp3) is 0.200. The summed E-state index contributed by atoms with van der Waals surface area (Å²) >= 11 is 0. The van der Waals surface area contributed by atoms with Crippen LogP contribution in [0.3, 0.4) is 0 Å². The predicted molar refractivity (Wildman–Crippen MR) is 99.8 cm³/mol. The molecule has 7 heteroatoms. The van der Waals surface area contributed by atoms with E-state index in [-0.39, 0.29) is 23.4 Å². The van der Waals surface area contributed by atoms with Crippen molar-refractivity contribution in [2.24, 2.45) is 23.2 Å². The van der Waals surface area contributed by atoms with Crippen molar-refractivity contribution in [3.05, 3.63) is 60.2 Å². The average Bonchev–Trinajstić information content (AvgIpc) is 3.20. The summed E-state index contributed by atoms with van der Waals surface area (Å²) in [6, 6.07) is 16.7. The summed E-state index contributed by atoms with van der Waals surface area (Å²) in [7, 11) is 1.70. The van der Waals surface area contributed by atoms with E-state index < -0.39 is 11.8 Å². The van der Waals surface area contributed by atoms with Gasteiger partial charge in [-0.25, -0.2) is 0 Å². The number of nitrogens with zero attached hydrogens (tertiary/aromatic N) is 3. The second-order valence-electron chi connectivity index (χ2n) is 6.53. The predicted octanol–water partition coefficient (Wildman–Crippen LogP) is 3.02. The van der Waals surface area contributed by atoms with Crippen molar-refractivity contribution >= 4 is 28.4 Å². The van der Waals surface area contributed by atoms with Crippen LogP contribution in [-0.2, 0) is 16.6 Å². The van der Waals surface area contributed by atoms with Crippen LogP contribution in [0.1, 0.15) is 11.5 Å². The normalized spacial score (nSPS) is 19.7. The Morgan fingerprint density at radius 1 is 1.15 bits per heavy atom. The number of carbonyl (C=O) groups is 2. The van der Waals surface area contributed by atoms with Crippen molar-refractivity contribution in [1.29, 1.82) is 0 Å². The maximum Gasteiger partial charge on any atom is 0.277 e. The number of carbonyl (C=O) groups excluding carboxylic acids is 2. The van der Waals surface area contributed by atoms with E-state index in [9.17, 15) is 14.7 Å². The number of para-hydroxylation sites is 1. The molecule has 4 rings (SSSR count). The molecule has 27 heavy (non-hydrogen) atoms. The van der Waals surface area contributed by atoms with E-state index >= 15 is 0 Å². The zero-order chi connectivity index (χ0) is 19.0. The Bertz CT molecular complexity index is 1060. The minimum atomic E-state index is -0.923. The second-order valence-corrected chi connectivity index (χ2v) is 6.53. The number of benzene rings is 2. The lowest BCUT2D eigenvalue weighted by Gasteiger charge is -2.13. The lowest BCUT2D eigenvalue weighted by molar-refractivity contribution is -0.131. The zero-order valence-corrected chi connectivity index (χ0v) is 14.7. The van der Waals surface area contributed by atoms with Crippen LogP contribution in [0.5, 0.6) is 5.88 Å². The zero-order valence-electron chi connectivity index (χ0n) is 14.7. The van der Waals surface area contributed by atoms with Crippen molar-refractivity contribution in [2.45, 2.75) is 5.92 Å². The van der Waals surface area contributed by atoms with Crippen LogP contribution in [0.15, 0.2) is 64.8 Å². The summed E-state index contributed by atoms with van der Waals surface area (Å²) in [5.41, 5.74) is 1.89. The van der Waals surface area contributed by atoms with Gasteiger partial charge in [0, 0.05) is 24.9 Å². The van der Waals surface area contributed by atoms with Crippen LogP contribution in [0, 0.1) is 5.92 Å². The van der Waals surface area contributed by atoms with Crippen LogP contribution in [0.25, 0.3) is 10.9 Å². The monoisotopic (exact) mass is 362 g/mol. The molecule has 0 bridgehead atoms. The van der Waals surface area contributed by atoms with Crippen LogP contribution in [0.2, 0.25) is 0 Å². The Morgan fingerprint density at radius 2 is 1.85 bits per heavy atom. The number of amides is 2. The molecule has 1 aliphatic rings. The van der Waals surface area contributed by atoms with Gasteiger partial charge in [-0.15, -0.1) is 10.2 Å². The maximum absolute atomic E-state index is 12.7. The fourth-order valence-electron chi connectivity index (χ4n) is 3.54. The van der Waals surface area contributed by atoms with Gasteiger partial charge >= 0.3 is 0 Å². The number of nitrogens with one attached hydrogen (secondary N) is 1. The third kappa shape index (κ3) is 2.87. The van der Waals surface area contributed by atoms with Gasteiger partial charge in [0.2, 0.25) is 11.8 Å². The number of fused-ring (bicyclic) bond motifs is 1. The molecule has 1 aromatic heterocycles. The smallest absolute Gasteiger partial charge is 0.277 e. The van der Waals surface area contributed by atoms with Gasteiger partial charge in [-0.1, -0.05) is 48.5 Å². The SMILES string of the molecule is Cn1c(O)c(N=NC(=O)[C@H]2C(=O)NC[C@@H]2c2ccccc2)c2ccccc21. The Hall–Kier alpha value is -3.48. The molecule has 2 heterocycles. The van der Waals surface area contributed by atoms with Crippen LogP contribution in [0.4, 0.5) is 5.69 Å². The largest absolute Gasteiger partial charge is 0.493 e. The highest BCUT2D eigenvalue weighted by atomic mass is 16.3. The lowest BCUT2D eigenvalue weighted by atomic mass is 9.88. The van der Waals surface area contributed by atoms with Crippen molar-refractivity contribution in [1.82, 2.24) is 9.88 Å². The van der Waals surface area contributed by atoms with Crippen LogP contribution >= 0.6 is 0 Å². The molecule has 0 spiro atoms. The summed E-state index contributed by atoms with van der Waals surface area (Å²) < 4.78 is 1.57. The number of aromatic nitrogens is 1. The van der Waals surface area contributed by atoms with E-state index in [4.69, 9.17) is 0 Å². The van der Waals surface area contributed by atoms with Gasteiger partial charge in [0.1, 0.15) is 5.92 Å². The molecular formula is C20H18N4O3.